The van der Waals surface area contributed by atoms with Crippen LogP contribution in [-0.2, 0) is 15.7 Å². The Bertz CT molecular complexity index is 497. The maximum atomic E-state index is 13.7. The summed E-state index contributed by atoms with van der Waals surface area (Å²) >= 11 is 5.43. The SMILES string of the molecule is CCOC(=O)C(F)[C@@H](N)c1ccc(Cl)c(C(F)(F)F)c1.Cl. The van der Waals surface area contributed by atoms with Gasteiger partial charge in [-0.05, 0) is 24.6 Å². The molecule has 0 aliphatic rings. The molecule has 0 radical (unpaired) electrons. The van der Waals surface area contributed by atoms with Crippen LogP contribution in [0.4, 0.5) is 17.6 Å². The smallest absolute Gasteiger partial charge is 0.417 e. The molecule has 0 saturated heterocycles. The Morgan fingerprint density at radius 3 is 2.48 bits per heavy atom. The Morgan fingerprint density at radius 1 is 1.43 bits per heavy atom. The van der Waals surface area contributed by atoms with Crippen LogP contribution in [0.1, 0.15) is 24.1 Å². The highest BCUT2D eigenvalue weighted by molar-refractivity contribution is 6.31. The molecule has 9 heteroatoms. The highest BCUT2D eigenvalue weighted by Gasteiger charge is 2.35. The number of nitrogens with two attached hydrogens (primary N) is 1. The molecule has 0 spiro atoms. The summed E-state index contributed by atoms with van der Waals surface area (Å²) in [7, 11) is 0. The van der Waals surface area contributed by atoms with E-state index in [2.05, 4.69) is 4.74 Å². The molecule has 1 unspecified atom stereocenters. The molecule has 2 N–H and O–H groups in total. The van der Waals surface area contributed by atoms with Gasteiger partial charge in [-0.3, -0.25) is 0 Å². The zero-order valence-corrected chi connectivity index (χ0v) is 12.4. The lowest BCUT2D eigenvalue weighted by Crippen LogP contribution is -2.31. The van der Waals surface area contributed by atoms with E-state index in [1.165, 1.54) is 6.92 Å². The summed E-state index contributed by atoms with van der Waals surface area (Å²) in [5, 5.41) is -0.528. The first-order valence-electron chi connectivity index (χ1n) is 5.61. The zero-order chi connectivity index (χ0) is 15.5. The monoisotopic (exact) mass is 349 g/mol. The normalized spacial score (nSPS) is 14.0. The van der Waals surface area contributed by atoms with Gasteiger partial charge < -0.3 is 10.5 Å². The fourth-order valence-corrected chi connectivity index (χ4v) is 1.73. The molecular weight excluding hydrogens is 337 g/mol. The van der Waals surface area contributed by atoms with Gasteiger partial charge in [0.1, 0.15) is 0 Å². The highest BCUT2D eigenvalue weighted by Crippen LogP contribution is 2.36. The average molecular weight is 350 g/mol. The summed E-state index contributed by atoms with van der Waals surface area (Å²) in [5.74, 6) is -1.22. The third-order valence-electron chi connectivity index (χ3n) is 2.51. The molecule has 21 heavy (non-hydrogen) atoms. The first-order chi connectivity index (χ1) is 9.18. The van der Waals surface area contributed by atoms with E-state index in [-0.39, 0.29) is 24.6 Å². The molecule has 1 aromatic rings. The number of halogens is 6. The maximum absolute atomic E-state index is 13.7. The van der Waals surface area contributed by atoms with Gasteiger partial charge in [0.25, 0.3) is 0 Å². The molecule has 0 aliphatic heterocycles. The fourth-order valence-electron chi connectivity index (χ4n) is 1.50. The van der Waals surface area contributed by atoms with Crippen LogP contribution in [0, 0.1) is 0 Å². The van der Waals surface area contributed by atoms with Crippen LogP contribution < -0.4 is 5.73 Å². The second-order valence-electron chi connectivity index (χ2n) is 3.92. The van der Waals surface area contributed by atoms with Crippen LogP contribution in [0.25, 0.3) is 0 Å². The fraction of sp³-hybridized carbons (Fsp3) is 0.417. The number of hydrogen-bond acceptors (Lipinski definition) is 3. The van der Waals surface area contributed by atoms with Crippen LogP contribution in [0.2, 0.25) is 5.02 Å². The molecule has 1 aromatic carbocycles. The zero-order valence-electron chi connectivity index (χ0n) is 10.8. The van der Waals surface area contributed by atoms with Gasteiger partial charge >= 0.3 is 12.1 Å². The van der Waals surface area contributed by atoms with Gasteiger partial charge in [0, 0.05) is 0 Å². The van der Waals surface area contributed by atoms with Crippen molar-refractivity contribution >= 4 is 30.0 Å². The Kier molecular flexibility index (Phi) is 7.43. The van der Waals surface area contributed by atoms with E-state index in [4.69, 9.17) is 17.3 Å². The van der Waals surface area contributed by atoms with Gasteiger partial charge in [-0.25, -0.2) is 9.18 Å². The van der Waals surface area contributed by atoms with Crippen molar-refractivity contribution in [3.05, 3.63) is 34.3 Å². The number of carbonyl (C=O) groups is 1. The third-order valence-corrected chi connectivity index (χ3v) is 2.84. The summed E-state index contributed by atoms with van der Waals surface area (Å²) in [5.41, 5.74) is 4.12. The summed E-state index contributed by atoms with van der Waals surface area (Å²) < 4.78 is 56.1. The lowest BCUT2D eigenvalue weighted by Gasteiger charge is -2.18. The summed E-state index contributed by atoms with van der Waals surface area (Å²) in [6, 6.07) is 1.15. The Morgan fingerprint density at radius 2 is 2.00 bits per heavy atom. The Labute approximate surface area is 129 Å². The number of ether oxygens (including phenoxy) is 1. The minimum absolute atomic E-state index is 0. The quantitative estimate of drug-likeness (QED) is 0.666. The van der Waals surface area contributed by atoms with Crippen molar-refractivity contribution in [2.75, 3.05) is 6.61 Å². The minimum Gasteiger partial charge on any atom is -0.464 e. The van der Waals surface area contributed by atoms with Gasteiger partial charge in [0.05, 0.1) is 23.2 Å². The van der Waals surface area contributed by atoms with E-state index in [0.29, 0.717) is 6.07 Å². The summed E-state index contributed by atoms with van der Waals surface area (Å²) in [4.78, 5) is 11.2. The van der Waals surface area contributed by atoms with Crippen LogP contribution in [0.15, 0.2) is 18.2 Å². The van der Waals surface area contributed by atoms with Crippen LogP contribution >= 0.6 is 24.0 Å². The van der Waals surface area contributed by atoms with E-state index >= 15 is 0 Å². The van der Waals surface area contributed by atoms with E-state index in [1.54, 1.807) is 0 Å². The molecule has 0 fully saturated rings. The van der Waals surface area contributed by atoms with Crippen molar-refractivity contribution in [3.8, 4) is 0 Å². The molecule has 120 valence electrons. The number of hydrogen-bond donors (Lipinski definition) is 1. The van der Waals surface area contributed by atoms with E-state index in [0.717, 1.165) is 12.1 Å². The first-order valence-corrected chi connectivity index (χ1v) is 5.99. The molecule has 2 atom stereocenters. The largest absolute Gasteiger partial charge is 0.464 e. The van der Waals surface area contributed by atoms with Crippen LogP contribution in [0.3, 0.4) is 0 Å². The lowest BCUT2D eigenvalue weighted by atomic mass is 10.0. The van der Waals surface area contributed by atoms with Crippen molar-refractivity contribution in [2.24, 2.45) is 5.73 Å². The predicted octanol–water partition coefficient (Wildman–Crippen LogP) is 3.68. The van der Waals surface area contributed by atoms with Crippen molar-refractivity contribution < 1.29 is 27.1 Å². The van der Waals surface area contributed by atoms with Gasteiger partial charge in [0.2, 0.25) is 6.17 Å². The lowest BCUT2D eigenvalue weighted by molar-refractivity contribution is -0.149. The number of esters is 1. The van der Waals surface area contributed by atoms with Crippen molar-refractivity contribution in [2.45, 2.75) is 25.3 Å². The second-order valence-corrected chi connectivity index (χ2v) is 4.32. The molecular formula is C12H13Cl2F4NO2. The van der Waals surface area contributed by atoms with E-state index < -0.39 is 34.9 Å². The summed E-state index contributed by atoms with van der Waals surface area (Å²) in [6.45, 7) is 1.42. The first kappa shape index (κ1) is 19.9. The van der Waals surface area contributed by atoms with Gasteiger partial charge in [-0.2, -0.15) is 13.2 Å². The number of alkyl halides is 4. The van der Waals surface area contributed by atoms with Crippen molar-refractivity contribution in [1.82, 2.24) is 0 Å². The number of carbonyl (C=O) groups excluding carboxylic acids is 1. The van der Waals surface area contributed by atoms with Crippen molar-refractivity contribution in [1.29, 1.82) is 0 Å². The Balaban J connectivity index is 0.00000400. The number of benzene rings is 1. The molecule has 0 aliphatic carbocycles. The predicted molar refractivity (Wildman–Crippen MR) is 72.2 cm³/mol. The minimum atomic E-state index is -4.69. The summed E-state index contributed by atoms with van der Waals surface area (Å²) in [6.07, 6.45) is -6.94. The van der Waals surface area contributed by atoms with Crippen LogP contribution in [0.5, 0.6) is 0 Å². The van der Waals surface area contributed by atoms with Gasteiger partial charge in [-0.1, -0.05) is 17.7 Å². The van der Waals surface area contributed by atoms with Gasteiger partial charge in [0.15, 0.2) is 0 Å². The molecule has 0 heterocycles. The van der Waals surface area contributed by atoms with Gasteiger partial charge in [-0.15, -0.1) is 12.4 Å². The molecule has 3 nitrogen and oxygen atoms in total. The second kappa shape index (κ2) is 7.82. The van der Waals surface area contributed by atoms with E-state index in [1.807, 2.05) is 0 Å². The highest BCUT2D eigenvalue weighted by atomic mass is 35.5. The Hall–Kier alpha value is -1.05. The topological polar surface area (TPSA) is 52.3 Å². The third kappa shape index (κ3) is 5.01. The molecule has 0 amide bonds. The number of rotatable bonds is 4. The van der Waals surface area contributed by atoms with Crippen LogP contribution in [-0.4, -0.2) is 18.7 Å². The molecule has 1 rings (SSSR count). The van der Waals surface area contributed by atoms with Crippen molar-refractivity contribution in [3.63, 3.8) is 0 Å². The maximum Gasteiger partial charge on any atom is 0.417 e. The molecule has 0 saturated carbocycles. The molecule has 0 bridgehead atoms. The van der Waals surface area contributed by atoms with E-state index in [9.17, 15) is 22.4 Å². The standard InChI is InChI=1S/C12H12ClF4NO2.ClH/c1-2-20-11(19)9(14)10(18)6-3-4-8(13)7(5-6)12(15,16)17;/h3-5,9-10H,2,18H2,1H3;1H/t9?,10-;/m0./s1. The average Bonchev–Trinajstić information content (AvgIpc) is 2.36. The molecule has 0 aromatic heterocycles.